The first-order valence-corrected chi connectivity index (χ1v) is 22.1. The fraction of sp³-hybridized carbons (Fsp3) is 0.909. The van der Waals surface area contributed by atoms with Crippen LogP contribution < -0.4 is 0 Å². The minimum atomic E-state index is -0.950. The van der Waals surface area contributed by atoms with Crippen LogP contribution >= 0.6 is 0 Å². The van der Waals surface area contributed by atoms with Crippen LogP contribution in [0.3, 0.4) is 0 Å². The predicted octanol–water partition coefficient (Wildman–Crippen LogP) is 10.6. The fourth-order valence-electron chi connectivity index (χ4n) is 5.88. The summed E-state index contributed by atoms with van der Waals surface area (Å²) in [5, 5.41) is 16.8. The highest BCUT2D eigenvalue weighted by molar-refractivity contribution is 5.71. The number of hydrogen-bond acceptors (Lipinski definition) is 10. The highest BCUT2D eigenvalue weighted by atomic mass is 16.6. The Hall–Kier alpha value is -2.20. The van der Waals surface area contributed by atoms with Gasteiger partial charge in [-0.25, -0.2) is 0 Å². The zero-order valence-electron chi connectivity index (χ0n) is 35.4. The van der Waals surface area contributed by atoms with Crippen molar-refractivity contribution in [3.05, 3.63) is 0 Å². The Morgan fingerprint density at radius 2 is 0.722 bits per heavy atom. The van der Waals surface area contributed by atoms with Gasteiger partial charge in [0, 0.05) is 26.2 Å². The summed E-state index contributed by atoms with van der Waals surface area (Å²) in [5.74, 6) is -1.33. The third kappa shape index (κ3) is 44.2. The highest BCUT2D eigenvalue weighted by Crippen LogP contribution is 2.14. The SMILES string of the molecule is CC(=O)OCC(O)CO.CCCCCCCCCCCC(=O)OCC(COC(=O)CCCCCCCCCCC)OC(=O)CCCCCCCCCCC. The molecule has 0 saturated heterocycles. The first kappa shape index (κ1) is 53.9. The van der Waals surface area contributed by atoms with Gasteiger partial charge in [-0.1, -0.05) is 175 Å². The zero-order chi connectivity index (χ0) is 40.3. The molecule has 0 aromatic rings. The van der Waals surface area contributed by atoms with E-state index in [1.807, 2.05) is 0 Å². The number of carbonyl (C=O) groups is 4. The number of esters is 4. The van der Waals surface area contributed by atoms with Gasteiger partial charge in [-0.2, -0.15) is 0 Å². The van der Waals surface area contributed by atoms with E-state index in [2.05, 4.69) is 25.5 Å². The van der Waals surface area contributed by atoms with Crippen molar-refractivity contribution in [3.63, 3.8) is 0 Å². The van der Waals surface area contributed by atoms with Gasteiger partial charge in [0.15, 0.2) is 6.10 Å². The molecule has 0 radical (unpaired) electrons. The third-order valence-electron chi connectivity index (χ3n) is 9.30. The molecule has 2 N–H and O–H groups in total. The minimum absolute atomic E-state index is 0.0644. The second-order valence-corrected chi connectivity index (χ2v) is 14.9. The summed E-state index contributed by atoms with van der Waals surface area (Å²) in [5.41, 5.74) is 0. The Morgan fingerprint density at radius 1 is 0.426 bits per heavy atom. The van der Waals surface area contributed by atoms with Gasteiger partial charge in [0.2, 0.25) is 0 Å². The topological polar surface area (TPSA) is 146 Å². The van der Waals surface area contributed by atoms with E-state index in [1.54, 1.807) is 0 Å². The van der Waals surface area contributed by atoms with Gasteiger partial charge in [-0.3, -0.25) is 19.2 Å². The lowest BCUT2D eigenvalue weighted by Crippen LogP contribution is -2.30. The molecule has 1 unspecified atom stereocenters. The number of rotatable bonds is 38. The standard InChI is InChI=1S/C39H74O6.C5H10O4/c1-4-7-10-13-16-19-22-25-28-31-37(40)43-34-36(45-39(42)33-30-27-24-21-18-15-12-9-6-3)35-44-38(41)32-29-26-23-20-17-14-11-8-5-2;1-4(7)9-3-5(8)2-6/h36H,4-35H2,1-3H3;5-6,8H,2-3H2,1H3. The molecule has 10 heteroatoms. The molecular weight excluding hydrogens is 688 g/mol. The van der Waals surface area contributed by atoms with Crippen LogP contribution in [0.4, 0.5) is 0 Å². The lowest BCUT2D eigenvalue weighted by Gasteiger charge is -2.18. The molecule has 0 saturated carbocycles. The van der Waals surface area contributed by atoms with Crippen molar-refractivity contribution >= 4 is 23.9 Å². The maximum Gasteiger partial charge on any atom is 0.306 e. The maximum atomic E-state index is 12.6. The Bertz CT molecular complexity index is 811. The van der Waals surface area contributed by atoms with E-state index in [4.69, 9.17) is 24.4 Å². The molecule has 54 heavy (non-hydrogen) atoms. The number of carbonyl (C=O) groups excluding carboxylic acids is 4. The van der Waals surface area contributed by atoms with Crippen molar-refractivity contribution in [2.24, 2.45) is 0 Å². The van der Waals surface area contributed by atoms with Crippen LogP contribution in [-0.4, -0.2) is 72.7 Å². The molecule has 0 amide bonds. The van der Waals surface area contributed by atoms with Crippen LogP contribution in [0.1, 0.15) is 220 Å². The largest absolute Gasteiger partial charge is 0.463 e. The van der Waals surface area contributed by atoms with Crippen molar-refractivity contribution in [1.82, 2.24) is 0 Å². The smallest absolute Gasteiger partial charge is 0.306 e. The van der Waals surface area contributed by atoms with Gasteiger partial charge in [0.1, 0.15) is 25.9 Å². The third-order valence-corrected chi connectivity index (χ3v) is 9.30. The molecule has 0 aromatic heterocycles. The molecule has 0 heterocycles. The summed E-state index contributed by atoms with van der Waals surface area (Å²) in [7, 11) is 0. The average molecular weight is 773 g/mol. The molecule has 0 bridgehead atoms. The summed E-state index contributed by atoms with van der Waals surface area (Å²) >= 11 is 0. The second kappa shape index (κ2) is 43.5. The Balaban J connectivity index is 0. The normalized spacial score (nSPS) is 11.5. The number of ether oxygens (including phenoxy) is 4. The minimum Gasteiger partial charge on any atom is -0.463 e. The van der Waals surface area contributed by atoms with E-state index in [0.29, 0.717) is 19.3 Å². The maximum absolute atomic E-state index is 12.6. The number of aliphatic hydroxyl groups excluding tert-OH is 2. The molecule has 0 aliphatic rings. The van der Waals surface area contributed by atoms with Crippen molar-refractivity contribution in [3.8, 4) is 0 Å². The summed E-state index contributed by atoms with van der Waals surface area (Å²) in [4.78, 5) is 47.3. The van der Waals surface area contributed by atoms with Gasteiger partial charge in [0.05, 0.1) is 6.61 Å². The molecule has 0 aromatic carbocycles. The molecule has 10 nitrogen and oxygen atoms in total. The van der Waals surface area contributed by atoms with Gasteiger partial charge in [-0.15, -0.1) is 0 Å². The van der Waals surface area contributed by atoms with Crippen LogP contribution in [-0.2, 0) is 38.1 Å². The van der Waals surface area contributed by atoms with Gasteiger partial charge < -0.3 is 29.2 Å². The van der Waals surface area contributed by atoms with Crippen LogP contribution in [0.25, 0.3) is 0 Å². The summed E-state index contributed by atoms with van der Waals surface area (Å²) < 4.78 is 20.9. The highest BCUT2D eigenvalue weighted by Gasteiger charge is 2.19. The van der Waals surface area contributed by atoms with Crippen molar-refractivity contribution in [1.29, 1.82) is 0 Å². The summed E-state index contributed by atoms with van der Waals surface area (Å²) in [6.45, 7) is 7.29. The van der Waals surface area contributed by atoms with Crippen molar-refractivity contribution in [2.75, 3.05) is 26.4 Å². The van der Waals surface area contributed by atoms with E-state index in [-0.39, 0.29) is 44.3 Å². The monoisotopic (exact) mass is 773 g/mol. The van der Waals surface area contributed by atoms with Crippen LogP contribution in [0.2, 0.25) is 0 Å². The lowest BCUT2D eigenvalue weighted by atomic mass is 10.1. The summed E-state index contributed by atoms with van der Waals surface area (Å²) in [6, 6.07) is 0. The second-order valence-electron chi connectivity index (χ2n) is 14.9. The molecule has 0 fully saturated rings. The predicted molar refractivity (Wildman–Crippen MR) is 217 cm³/mol. The summed E-state index contributed by atoms with van der Waals surface area (Å²) in [6.07, 6.45) is 31.4. The van der Waals surface area contributed by atoms with Crippen LogP contribution in [0, 0.1) is 0 Å². The Kier molecular flexibility index (Phi) is 43.4. The zero-order valence-corrected chi connectivity index (χ0v) is 35.4. The van der Waals surface area contributed by atoms with E-state index in [1.165, 1.54) is 122 Å². The molecule has 0 aliphatic heterocycles. The Labute approximate surface area is 330 Å². The fourth-order valence-corrected chi connectivity index (χ4v) is 5.88. The van der Waals surface area contributed by atoms with E-state index in [0.717, 1.165) is 57.8 Å². The molecule has 0 spiro atoms. The van der Waals surface area contributed by atoms with Crippen LogP contribution in [0.15, 0.2) is 0 Å². The number of unbranched alkanes of at least 4 members (excludes halogenated alkanes) is 24. The van der Waals surface area contributed by atoms with Crippen molar-refractivity contribution < 1.29 is 48.3 Å². The number of hydrogen-bond donors (Lipinski definition) is 2. The van der Waals surface area contributed by atoms with Gasteiger partial charge in [0.25, 0.3) is 0 Å². The van der Waals surface area contributed by atoms with Gasteiger partial charge >= 0.3 is 23.9 Å². The number of aliphatic hydroxyl groups is 2. The quantitative estimate of drug-likeness (QED) is 0.0353. The van der Waals surface area contributed by atoms with E-state index < -0.39 is 18.2 Å². The molecule has 0 rings (SSSR count). The van der Waals surface area contributed by atoms with Crippen LogP contribution in [0.5, 0.6) is 0 Å². The Morgan fingerprint density at radius 3 is 1.02 bits per heavy atom. The molecule has 0 aliphatic carbocycles. The van der Waals surface area contributed by atoms with E-state index in [9.17, 15) is 19.2 Å². The molecular formula is C44H84O10. The van der Waals surface area contributed by atoms with E-state index >= 15 is 0 Å². The average Bonchev–Trinajstić information content (AvgIpc) is 3.16. The first-order valence-electron chi connectivity index (χ1n) is 22.1. The molecule has 1 atom stereocenters. The van der Waals surface area contributed by atoms with Gasteiger partial charge in [-0.05, 0) is 19.3 Å². The lowest BCUT2D eigenvalue weighted by molar-refractivity contribution is -0.167. The first-order chi connectivity index (χ1) is 26.2. The molecule has 320 valence electrons. The van der Waals surface area contributed by atoms with Crippen molar-refractivity contribution in [2.45, 2.75) is 233 Å².